The van der Waals surface area contributed by atoms with Gasteiger partial charge in [-0.15, -0.1) is 23.1 Å². The number of hydrogen-bond donors (Lipinski definition) is 1. The highest BCUT2D eigenvalue weighted by molar-refractivity contribution is 7.99. The van der Waals surface area contributed by atoms with Crippen molar-refractivity contribution < 1.29 is 27.8 Å². The number of halogens is 2. The summed E-state index contributed by atoms with van der Waals surface area (Å²) in [4.78, 5) is 25.1. The Morgan fingerprint density at radius 2 is 2.00 bits per heavy atom. The van der Waals surface area contributed by atoms with Crippen LogP contribution in [0.5, 0.6) is 5.75 Å². The minimum Gasteiger partial charge on any atom is -0.452 e. The van der Waals surface area contributed by atoms with Gasteiger partial charge in [0.15, 0.2) is 6.10 Å². The van der Waals surface area contributed by atoms with Crippen molar-refractivity contribution in [3.8, 4) is 5.75 Å². The maximum Gasteiger partial charge on any atom is 0.387 e. The topological polar surface area (TPSA) is 64.6 Å². The molecule has 1 heterocycles. The van der Waals surface area contributed by atoms with Crippen molar-refractivity contribution in [3.05, 3.63) is 46.7 Å². The van der Waals surface area contributed by atoms with Gasteiger partial charge >= 0.3 is 12.6 Å². The summed E-state index contributed by atoms with van der Waals surface area (Å²) in [6.45, 7) is -1.60. The van der Waals surface area contributed by atoms with Gasteiger partial charge < -0.3 is 14.8 Å². The van der Waals surface area contributed by atoms with Gasteiger partial charge in [-0.2, -0.15) is 8.78 Å². The number of thioether (sulfide) groups is 1. The van der Waals surface area contributed by atoms with Crippen LogP contribution in [0.2, 0.25) is 0 Å². The molecule has 1 amide bonds. The van der Waals surface area contributed by atoms with Gasteiger partial charge in [0, 0.05) is 10.6 Å². The van der Waals surface area contributed by atoms with Crippen molar-refractivity contribution in [1.82, 2.24) is 0 Å². The van der Waals surface area contributed by atoms with Gasteiger partial charge in [0.2, 0.25) is 0 Å². The van der Waals surface area contributed by atoms with Gasteiger partial charge in [0.05, 0.1) is 11.4 Å². The summed E-state index contributed by atoms with van der Waals surface area (Å²) >= 11 is 2.98. The fraction of sp³-hybridized carbons (Fsp3) is 0.294. The first kappa shape index (κ1) is 20.2. The number of rotatable bonds is 9. The van der Waals surface area contributed by atoms with Crippen LogP contribution in [0.25, 0.3) is 0 Å². The lowest BCUT2D eigenvalue weighted by Crippen LogP contribution is -2.30. The van der Waals surface area contributed by atoms with Crippen molar-refractivity contribution in [2.24, 2.45) is 0 Å². The second kappa shape index (κ2) is 10.1. The predicted molar refractivity (Wildman–Crippen MR) is 97.7 cm³/mol. The SMILES string of the molecule is C[C@@H](OC(=O)CSCc1cccs1)C(=O)Nc1ccccc1OC(F)F. The molecule has 2 rings (SSSR count). The zero-order chi connectivity index (χ0) is 18.9. The van der Waals surface area contributed by atoms with E-state index in [1.807, 2.05) is 17.5 Å². The molecule has 2 aromatic rings. The molecule has 0 aliphatic rings. The van der Waals surface area contributed by atoms with Gasteiger partial charge in [-0.05, 0) is 30.5 Å². The first-order valence-corrected chi connectivity index (χ1v) is 9.63. The van der Waals surface area contributed by atoms with Crippen LogP contribution in [0.1, 0.15) is 11.8 Å². The fourth-order valence-corrected chi connectivity index (χ4v) is 3.56. The average Bonchev–Trinajstić information content (AvgIpc) is 3.09. The third kappa shape index (κ3) is 6.64. The molecule has 0 unspecified atom stereocenters. The van der Waals surface area contributed by atoms with Crippen molar-refractivity contribution >= 4 is 40.7 Å². The van der Waals surface area contributed by atoms with Crippen molar-refractivity contribution in [3.63, 3.8) is 0 Å². The van der Waals surface area contributed by atoms with Gasteiger partial charge in [-0.25, -0.2) is 0 Å². The largest absolute Gasteiger partial charge is 0.452 e. The lowest BCUT2D eigenvalue weighted by Gasteiger charge is -2.15. The van der Waals surface area contributed by atoms with Crippen LogP contribution < -0.4 is 10.1 Å². The zero-order valence-corrected chi connectivity index (χ0v) is 15.4. The first-order chi connectivity index (χ1) is 12.5. The Balaban J connectivity index is 1.80. The fourth-order valence-electron chi connectivity index (χ4n) is 1.92. The lowest BCUT2D eigenvalue weighted by atomic mass is 10.2. The normalized spacial score (nSPS) is 11.8. The average molecular weight is 401 g/mol. The Labute approximate surface area is 157 Å². The molecule has 0 fully saturated rings. The Morgan fingerprint density at radius 1 is 1.23 bits per heavy atom. The van der Waals surface area contributed by atoms with Gasteiger partial charge in [0.1, 0.15) is 5.75 Å². The molecule has 1 aromatic carbocycles. The van der Waals surface area contributed by atoms with E-state index in [1.165, 1.54) is 36.9 Å². The number of anilines is 1. The summed E-state index contributed by atoms with van der Waals surface area (Å²) in [7, 11) is 0. The van der Waals surface area contributed by atoms with Crippen molar-refractivity contribution in [2.75, 3.05) is 11.1 Å². The Bertz CT molecular complexity index is 725. The smallest absolute Gasteiger partial charge is 0.387 e. The van der Waals surface area contributed by atoms with E-state index in [1.54, 1.807) is 17.4 Å². The number of thiophene rings is 1. The molecule has 1 N–H and O–H groups in total. The highest BCUT2D eigenvalue weighted by Crippen LogP contribution is 2.25. The van der Waals surface area contributed by atoms with Crippen molar-refractivity contribution in [2.45, 2.75) is 25.4 Å². The van der Waals surface area contributed by atoms with Crippen LogP contribution >= 0.6 is 23.1 Å². The van der Waals surface area contributed by atoms with Crippen LogP contribution in [-0.4, -0.2) is 30.3 Å². The van der Waals surface area contributed by atoms with Crippen LogP contribution in [0.4, 0.5) is 14.5 Å². The number of benzene rings is 1. The molecule has 1 atom stereocenters. The molecule has 0 bridgehead atoms. The maximum absolute atomic E-state index is 12.4. The number of hydrogen-bond acceptors (Lipinski definition) is 6. The third-order valence-electron chi connectivity index (χ3n) is 3.08. The first-order valence-electron chi connectivity index (χ1n) is 7.60. The van der Waals surface area contributed by atoms with E-state index < -0.39 is 24.6 Å². The van der Waals surface area contributed by atoms with E-state index in [0.29, 0.717) is 5.75 Å². The quantitative estimate of drug-likeness (QED) is 0.640. The Kier molecular flexibility index (Phi) is 7.86. The number of para-hydroxylation sites is 2. The molecule has 9 heteroatoms. The van der Waals surface area contributed by atoms with Gasteiger partial charge in [-0.3, -0.25) is 9.59 Å². The second-order valence-corrected chi connectivity index (χ2v) is 7.09. The Hall–Kier alpha value is -2.13. The standard InChI is InChI=1S/C17H17F2NO4S2/c1-11(23-15(21)10-25-9-12-5-4-8-26-12)16(22)20-13-6-2-3-7-14(13)24-17(18)19/h2-8,11,17H,9-10H2,1H3,(H,20,22)/t11-/m1/s1. The van der Waals surface area contributed by atoms with E-state index in [2.05, 4.69) is 10.1 Å². The molecule has 26 heavy (non-hydrogen) atoms. The van der Waals surface area contributed by atoms with Crippen LogP contribution in [-0.2, 0) is 20.1 Å². The number of amides is 1. The van der Waals surface area contributed by atoms with Crippen LogP contribution in [0.3, 0.4) is 0 Å². The van der Waals surface area contributed by atoms with Crippen molar-refractivity contribution in [1.29, 1.82) is 0 Å². The summed E-state index contributed by atoms with van der Waals surface area (Å²) in [5.74, 6) is -0.522. The summed E-state index contributed by atoms with van der Waals surface area (Å²) in [5, 5.41) is 4.37. The monoisotopic (exact) mass is 401 g/mol. The predicted octanol–water partition coefficient (Wildman–Crippen LogP) is 4.15. The molecular formula is C17H17F2NO4S2. The summed E-state index contributed by atoms with van der Waals surface area (Å²) in [5.41, 5.74) is 0.0766. The third-order valence-corrected chi connectivity index (χ3v) is 5.10. The molecule has 0 aliphatic carbocycles. The zero-order valence-electron chi connectivity index (χ0n) is 13.8. The maximum atomic E-state index is 12.4. The minimum absolute atomic E-state index is 0.0766. The van der Waals surface area contributed by atoms with Crippen LogP contribution in [0, 0.1) is 0 Å². The molecular weight excluding hydrogens is 384 g/mol. The van der Waals surface area contributed by atoms with E-state index in [0.717, 1.165) is 4.88 Å². The van der Waals surface area contributed by atoms with E-state index in [4.69, 9.17) is 4.74 Å². The number of carbonyl (C=O) groups is 2. The molecule has 0 saturated carbocycles. The lowest BCUT2D eigenvalue weighted by molar-refractivity contribution is -0.150. The molecule has 5 nitrogen and oxygen atoms in total. The number of ether oxygens (including phenoxy) is 2. The summed E-state index contributed by atoms with van der Waals surface area (Å²) in [6, 6.07) is 9.69. The van der Waals surface area contributed by atoms with E-state index in [-0.39, 0.29) is 17.2 Å². The van der Waals surface area contributed by atoms with E-state index >= 15 is 0 Å². The summed E-state index contributed by atoms with van der Waals surface area (Å²) in [6.07, 6.45) is -1.07. The van der Waals surface area contributed by atoms with E-state index in [9.17, 15) is 18.4 Å². The number of carbonyl (C=O) groups excluding carboxylic acids is 2. The molecule has 0 radical (unpaired) electrons. The number of esters is 1. The second-order valence-electron chi connectivity index (χ2n) is 5.07. The minimum atomic E-state index is -3.01. The number of alkyl halides is 2. The highest BCUT2D eigenvalue weighted by atomic mass is 32.2. The molecule has 0 saturated heterocycles. The Morgan fingerprint density at radius 3 is 2.69 bits per heavy atom. The van der Waals surface area contributed by atoms with Gasteiger partial charge in [0.25, 0.3) is 5.91 Å². The molecule has 1 aromatic heterocycles. The van der Waals surface area contributed by atoms with Crippen LogP contribution in [0.15, 0.2) is 41.8 Å². The molecule has 0 spiro atoms. The highest BCUT2D eigenvalue weighted by Gasteiger charge is 2.20. The van der Waals surface area contributed by atoms with Gasteiger partial charge in [-0.1, -0.05) is 18.2 Å². The summed E-state index contributed by atoms with van der Waals surface area (Å²) < 4.78 is 34.2. The molecule has 140 valence electrons. The molecule has 0 aliphatic heterocycles. The number of nitrogens with one attached hydrogen (secondary N) is 1.